The quantitative estimate of drug-likeness (QED) is 0.438. The van der Waals surface area contributed by atoms with Gasteiger partial charge in [-0.2, -0.15) is 5.48 Å². The molecule has 0 aromatic rings. The third-order valence-corrected chi connectivity index (χ3v) is 2.96. The van der Waals surface area contributed by atoms with E-state index in [0.29, 0.717) is 0 Å². The van der Waals surface area contributed by atoms with Crippen molar-refractivity contribution in [2.75, 3.05) is 13.2 Å². The number of ether oxygens (including phenoxy) is 1. The minimum absolute atomic E-state index is 0.155. The maximum absolute atomic E-state index is 11.9. The Hall–Kier alpha value is -0.650. The molecule has 0 spiro atoms. The largest absolute Gasteiger partial charge is 0.459 e. The first-order valence-corrected chi connectivity index (χ1v) is 7.26. The first kappa shape index (κ1) is 16.4. The average molecular weight is 272 g/mol. The molecule has 1 heterocycles. The van der Waals surface area contributed by atoms with Gasteiger partial charge in [0, 0.05) is 12.6 Å². The van der Waals surface area contributed by atoms with Gasteiger partial charge in [0.05, 0.1) is 6.61 Å². The van der Waals surface area contributed by atoms with E-state index in [-0.39, 0.29) is 18.1 Å². The van der Waals surface area contributed by atoms with Crippen LogP contribution in [0.2, 0.25) is 0 Å². The van der Waals surface area contributed by atoms with Crippen LogP contribution >= 0.6 is 0 Å². The highest BCUT2D eigenvalue weighted by Crippen LogP contribution is 2.14. The summed E-state index contributed by atoms with van der Waals surface area (Å²) in [5.74, 6) is -0.155. The highest BCUT2D eigenvalue weighted by Gasteiger charge is 2.29. The molecular weight excluding hydrogens is 244 g/mol. The zero-order chi connectivity index (χ0) is 14.3. The maximum Gasteiger partial charge on any atom is 0.323 e. The number of hydroxylamine groups is 1. The molecule has 0 aromatic heterocycles. The molecule has 1 aliphatic heterocycles. The topological polar surface area (TPSA) is 59.6 Å². The lowest BCUT2D eigenvalue weighted by Gasteiger charge is -2.31. The first-order valence-electron chi connectivity index (χ1n) is 7.26. The monoisotopic (exact) mass is 272 g/mol. The normalized spacial score (nSPS) is 24.2. The third kappa shape index (κ3) is 6.89. The molecule has 0 aromatic carbocycles. The molecular formula is C14H28N2O3. The molecule has 1 aliphatic rings. The Kier molecular flexibility index (Phi) is 6.75. The standard InChI is InChI=1S/C14H28N2O3/c1-5-6-9-18-16-11-7-8-12(15-10-11)13(17)19-14(2,3)4/h11-12,15-16H,5-10H2,1-4H3/t11-,12+/m1/s1. The van der Waals surface area contributed by atoms with Gasteiger partial charge in [-0.15, -0.1) is 0 Å². The summed E-state index contributed by atoms with van der Waals surface area (Å²) < 4.78 is 5.37. The van der Waals surface area contributed by atoms with Crippen LogP contribution in [0.4, 0.5) is 0 Å². The van der Waals surface area contributed by atoms with Gasteiger partial charge in [0.15, 0.2) is 0 Å². The Morgan fingerprint density at radius 1 is 1.37 bits per heavy atom. The van der Waals surface area contributed by atoms with E-state index < -0.39 is 5.60 Å². The second-order valence-corrected chi connectivity index (χ2v) is 6.09. The summed E-state index contributed by atoms with van der Waals surface area (Å²) in [5.41, 5.74) is 2.63. The molecule has 5 nitrogen and oxygen atoms in total. The SMILES string of the molecule is CCCCON[C@@H]1CC[C@@H](C(=O)OC(C)(C)C)NC1. The number of esters is 1. The Bertz CT molecular complexity index is 268. The molecule has 1 saturated heterocycles. The number of piperidine rings is 1. The predicted molar refractivity (Wildman–Crippen MR) is 74.7 cm³/mol. The summed E-state index contributed by atoms with van der Waals surface area (Å²) in [6.45, 7) is 9.27. The molecule has 5 heteroatoms. The van der Waals surface area contributed by atoms with Gasteiger partial charge in [-0.3, -0.25) is 4.79 Å². The number of carbonyl (C=O) groups is 1. The molecule has 0 unspecified atom stereocenters. The minimum Gasteiger partial charge on any atom is -0.459 e. The van der Waals surface area contributed by atoms with Gasteiger partial charge < -0.3 is 14.9 Å². The van der Waals surface area contributed by atoms with Crippen molar-refractivity contribution in [2.45, 2.75) is 71.1 Å². The van der Waals surface area contributed by atoms with Crippen LogP contribution in [0, 0.1) is 0 Å². The zero-order valence-electron chi connectivity index (χ0n) is 12.6. The molecule has 0 bridgehead atoms. The summed E-state index contributed by atoms with van der Waals surface area (Å²) in [5, 5.41) is 3.22. The van der Waals surface area contributed by atoms with Crippen molar-refractivity contribution in [1.82, 2.24) is 10.8 Å². The predicted octanol–water partition coefficient (Wildman–Crippen LogP) is 1.77. The summed E-state index contributed by atoms with van der Waals surface area (Å²) in [6.07, 6.45) is 3.89. The van der Waals surface area contributed by atoms with E-state index in [2.05, 4.69) is 17.7 Å². The van der Waals surface area contributed by atoms with Gasteiger partial charge in [-0.05, 0) is 40.0 Å². The highest BCUT2D eigenvalue weighted by molar-refractivity contribution is 5.76. The van der Waals surface area contributed by atoms with Gasteiger partial charge in [-0.1, -0.05) is 13.3 Å². The lowest BCUT2D eigenvalue weighted by Crippen LogP contribution is -2.52. The number of hydrogen-bond donors (Lipinski definition) is 2. The Labute approximate surface area is 116 Å². The molecule has 1 rings (SSSR count). The van der Waals surface area contributed by atoms with Crippen LogP contribution in [0.5, 0.6) is 0 Å². The molecule has 1 fully saturated rings. The van der Waals surface area contributed by atoms with Crippen LogP contribution in [-0.4, -0.2) is 36.8 Å². The van der Waals surface area contributed by atoms with E-state index in [1.54, 1.807) is 0 Å². The van der Waals surface area contributed by atoms with Gasteiger partial charge in [-0.25, -0.2) is 0 Å². The van der Waals surface area contributed by atoms with Gasteiger partial charge in [0.1, 0.15) is 11.6 Å². The molecule has 112 valence electrons. The van der Waals surface area contributed by atoms with E-state index in [4.69, 9.17) is 9.57 Å². The van der Waals surface area contributed by atoms with Crippen LogP contribution in [-0.2, 0) is 14.4 Å². The van der Waals surface area contributed by atoms with Gasteiger partial charge in [0.25, 0.3) is 0 Å². The fourth-order valence-corrected chi connectivity index (χ4v) is 1.92. The van der Waals surface area contributed by atoms with Crippen LogP contribution in [0.1, 0.15) is 53.4 Å². The van der Waals surface area contributed by atoms with Crippen LogP contribution in [0.15, 0.2) is 0 Å². The highest BCUT2D eigenvalue weighted by atomic mass is 16.6. The number of hydrogen-bond acceptors (Lipinski definition) is 5. The fraction of sp³-hybridized carbons (Fsp3) is 0.929. The number of rotatable bonds is 6. The number of unbranched alkanes of at least 4 members (excludes halogenated alkanes) is 1. The van der Waals surface area contributed by atoms with E-state index in [0.717, 1.165) is 38.8 Å². The zero-order valence-corrected chi connectivity index (χ0v) is 12.6. The lowest BCUT2D eigenvalue weighted by molar-refractivity contribution is -0.158. The molecule has 0 saturated carbocycles. The second-order valence-electron chi connectivity index (χ2n) is 6.09. The second kappa shape index (κ2) is 7.82. The Morgan fingerprint density at radius 3 is 2.63 bits per heavy atom. The van der Waals surface area contributed by atoms with E-state index >= 15 is 0 Å². The first-order chi connectivity index (χ1) is 8.92. The van der Waals surface area contributed by atoms with Crippen molar-refractivity contribution in [3.05, 3.63) is 0 Å². The molecule has 2 atom stereocenters. The van der Waals surface area contributed by atoms with Crippen LogP contribution in [0.25, 0.3) is 0 Å². The number of carbonyl (C=O) groups excluding carboxylic acids is 1. The Morgan fingerprint density at radius 2 is 2.11 bits per heavy atom. The molecule has 19 heavy (non-hydrogen) atoms. The number of nitrogens with one attached hydrogen (secondary N) is 2. The van der Waals surface area contributed by atoms with E-state index in [9.17, 15) is 4.79 Å². The fourth-order valence-electron chi connectivity index (χ4n) is 1.92. The van der Waals surface area contributed by atoms with Crippen molar-refractivity contribution in [1.29, 1.82) is 0 Å². The van der Waals surface area contributed by atoms with E-state index in [1.165, 1.54) is 0 Å². The smallest absolute Gasteiger partial charge is 0.323 e. The molecule has 0 aliphatic carbocycles. The molecule has 0 amide bonds. The van der Waals surface area contributed by atoms with Gasteiger partial charge >= 0.3 is 5.97 Å². The van der Waals surface area contributed by atoms with Crippen molar-refractivity contribution in [2.24, 2.45) is 0 Å². The summed E-state index contributed by atoms with van der Waals surface area (Å²) in [4.78, 5) is 17.3. The van der Waals surface area contributed by atoms with Crippen molar-refractivity contribution in [3.8, 4) is 0 Å². The summed E-state index contributed by atoms with van der Waals surface area (Å²) >= 11 is 0. The van der Waals surface area contributed by atoms with Gasteiger partial charge in [0.2, 0.25) is 0 Å². The maximum atomic E-state index is 11.9. The van der Waals surface area contributed by atoms with Crippen molar-refractivity contribution >= 4 is 5.97 Å². The molecule has 2 N–H and O–H groups in total. The summed E-state index contributed by atoms with van der Waals surface area (Å²) in [7, 11) is 0. The minimum atomic E-state index is -0.420. The van der Waals surface area contributed by atoms with Crippen LogP contribution < -0.4 is 10.8 Å². The summed E-state index contributed by atoms with van der Waals surface area (Å²) in [6, 6.07) is 0.0865. The average Bonchev–Trinajstić information content (AvgIpc) is 2.33. The van der Waals surface area contributed by atoms with Crippen molar-refractivity contribution in [3.63, 3.8) is 0 Å². The Balaban J connectivity index is 2.19. The lowest BCUT2D eigenvalue weighted by atomic mass is 10.0. The van der Waals surface area contributed by atoms with Crippen molar-refractivity contribution < 1.29 is 14.4 Å². The third-order valence-electron chi connectivity index (χ3n) is 2.96. The van der Waals surface area contributed by atoms with E-state index in [1.807, 2.05) is 20.8 Å². The van der Waals surface area contributed by atoms with Crippen LogP contribution in [0.3, 0.4) is 0 Å². The molecule has 0 radical (unpaired) electrons.